The Kier molecular flexibility index (Phi) is 60.5. The summed E-state index contributed by atoms with van der Waals surface area (Å²) in [6.45, 7) is 4.95. The highest BCUT2D eigenvalue weighted by atomic mass is 16.5. The molecule has 1 amide bonds. The highest BCUT2D eigenvalue weighted by Gasteiger charge is 2.20. The van der Waals surface area contributed by atoms with Crippen molar-refractivity contribution in [2.75, 3.05) is 13.2 Å². The van der Waals surface area contributed by atoms with Crippen LogP contribution in [-0.2, 0) is 14.3 Å². The number of amides is 1. The van der Waals surface area contributed by atoms with Crippen molar-refractivity contribution < 1.29 is 24.5 Å². The van der Waals surface area contributed by atoms with Gasteiger partial charge in [-0.3, -0.25) is 9.59 Å². The third-order valence-corrected chi connectivity index (χ3v) is 15.3. The van der Waals surface area contributed by atoms with Gasteiger partial charge in [0.25, 0.3) is 0 Å². The van der Waals surface area contributed by atoms with Gasteiger partial charge in [0.2, 0.25) is 5.91 Å². The summed E-state index contributed by atoms with van der Waals surface area (Å²) in [4.78, 5) is 24.6. The Balaban J connectivity index is 3.36. The molecule has 0 aliphatic carbocycles. The lowest BCUT2D eigenvalue weighted by Gasteiger charge is -2.22. The van der Waals surface area contributed by atoms with Crippen LogP contribution in [0.5, 0.6) is 0 Å². The molecule has 0 heterocycles. The summed E-state index contributed by atoms with van der Waals surface area (Å²) >= 11 is 0. The molecule has 0 spiro atoms. The Labute approximate surface area is 450 Å². The normalized spacial score (nSPS) is 12.7. The average molecular weight is 1010 g/mol. The Hall–Kier alpha value is -1.66. The molecule has 0 saturated heterocycles. The minimum atomic E-state index is -0.663. The van der Waals surface area contributed by atoms with Gasteiger partial charge in [-0.25, -0.2) is 0 Å². The van der Waals surface area contributed by atoms with Gasteiger partial charge in [-0.15, -0.1) is 0 Å². The van der Waals surface area contributed by atoms with Crippen LogP contribution in [0, 0.1) is 0 Å². The summed E-state index contributed by atoms with van der Waals surface area (Å²) < 4.78 is 5.48. The molecule has 0 saturated carbocycles. The van der Waals surface area contributed by atoms with Crippen LogP contribution < -0.4 is 5.32 Å². The second-order valence-corrected chi connectivity index (χ2v) is 22.5. The van der Waals surface area contributed by atoms with Gasteiger partial charge in [0, 0.05) is 12.8 Å². The predicted molar refractivity (Wildman–Crippen MR) is 315 cm³/mol. The molecular formula is C66H127NO5. The molecule has 0 bridgehead atoms. The van der Waals surface area contributed by atoms with Crippen molar-refractivity contribution in [3.8, 4) is 0 Å². The topological polar surface area (TPSA) is 95.9 Å². The van der Waals surface area contributed by atoms with Crippen molar-refractivity contribution in [2.24, 2.45) is 0 Å². The molecule has 0 fully saturated rings. The van der Waals surface area contributed by atoms with E-state index in [0.29, 0.717) is 25.9 Å². The van der Waals surface area contributed by atoms with Crippen LogP contribution in [0.2, 0.25) is 0 Å². The van der Waals surface area contributed by atoms with E-state index >= 15 is 0 Å². The van der Waals surface area contributed by atoms with Crippen LogP contribution in [0.4, 0.5) is 0 Å². The zero-order valence-corrected chi connectivity index (χ0v) is 48.7. The predicted octanol–water partition coefficient (Wildman–Crippen LogP) is 20.6. The monoisotopic (exact) mass is 1010 g/mol. The smallest absolute Gasteiger partial charge is 0.305 e. The fourth-order valence-corrected chi connectivity index (χ4v) is 10.3. The molecular weight excluding hydrogens is 887 g/mol. The van der Waals surface area contributed by atoms with Crippen LogP contribution in [0.3, 0.4) is 0 Å². The molecule has 6 heteroatoms. The number of nitrogens with one attached hydrogen (secondary N) is 1. The second kappa shape index (κ2) is 61.9. The Morgan fingerprint density at radius 2 is 0.694 bits per heavy atom. The number of aliphatic hydroxyl groups excluding tert-OH is 2. The Morgan fingerprint density at radius 1 is 0.389 bits per heavy atom. The first-order valence-corrected chi connectivity index (χ1v) is 32.6. The zero-order valence-electron chi connectivity index (χ0n) is 48.7. The minimum absolute atomic E-state index is 0.00196. The number of rotatable bonds is 61. The lowest BCUT2D eigenvalue weighted by molar-refractivity contribution is -0.143. The van der Waals surface area contributed by atoms with Gasteiger partial charge < -0.3 is 20.3 Å². The van der Waals surface area contributed by atoms with E-state index in [-0.39, 0.29) is 18.5 Å². The maximum atomic E-state index is 12.5. The molecule has 6 nitrogen and oxygen atoms in total. The van der Waals surface area contributed by atoms with Gasteiger partial charge in [-0.2, -0.15) is 0 Å². The maximum absolute atomic E-state index is 12.5. The molecule has 426 valence electrons. The molecule has 0 aromatic carbocycles. The van der Waals surface area contributed by atoms with Crippen LogP contribution in [0.15, 0.2) is 24.3 Å². The Morgan fingerprint density at radius 3 is 1.08 bits per heavy atom. The standard InChI is InChI=1S/C66H127NO5/c1-3-5-7-9-11-13-15-17-19-31-34-38-42-46-50-54-58-64(69)63(62-68)67-65(70)59-55-51-47-43-39-35-32-28-26-24-22-20-21-23-25-27-29-33-37-41-45-49-53-57-61-72-66(71)60-56-52-48-44-40-36-30-18-16-14-12-10-8-6-4-2/h12,14,18,30,63-64,68-69H,3-11,13,15-17,19-29,31-62H2,1-2H3,(H,67,70)/b14-12-,30-18-. The largest absolute Gasteiger partial charge is 0.466 e. The number of esters is 1. The van der Waals surface area contributed by atoms with Crippen molar-refractivity contribution >= 4 is 11.9 Å². The van der Waals surface area contributed by atoms with E-state index in [1.165, 1.54) is 276 Å². The van der Waals surface area contributed by atoms with E-state index < -0.39 is 12.1 Å². The summed E-state index contributed by atoms with van der Waals surface area (Å²) in [7, 11) is 0. The van der Waals surface area contributed by atoms with E-state index in [4.69, 9.17) is 4.74 Å². The van der Waals surface area contributed by atoms with Crippen molar-refractivity contribution in [2.45, 2.75) is 373 Å². The van der Waals surface area contributed by atoms with Gasteiger partial charge in [0.15, 0.2) is 0 Å². The molecule has 0 rings (SSSR count). The number of ether oxygens (including phenoxy) is 1. The molecule has 3 N–H and O–H groups in total. The van der Waals surface area contributed by atoms with Crippen LogP contribution in [-0.4, -0.2) is 47.4 Å². The Bertz CT molecular complexity index is 1120. The lowest BCUT2D eigenvalue weighted by atomic mass is 10.0. The molecule has 0 aromatic heterocycles. The summed E-state index contributed by atoms with van der Waals surface area (Å²) in [6, 6.07) is -0.540. The van der Waals surface area contributed by atoms with E-state index in [9.17, 15) is 19.8 Å². The lowest BCUT2D eigenvalue weighted by Crippen LogP contribution is -2.45. The average Bonchev–Trinajstić information content (AvgIpc) is 3.38. The summed E-state index contributed by atoms with van der Waals surface area (Å²) in [6.07, 6.45) is 76.2. The van der Waals surface area contributed by atoms with Crippen molar-refractivity contribution in [3.63, 3.8) is 0 Å². The van der Waals surface area contributed by atoms with Gasteiger partial charge >= 0.3 is 5.97 Å². The van der Waals surface area contributed by atoms with Gasteiger partial charge in [0.05, 0.1) is 25.4 Å². The molecule has 0 aliphatic heterocycles. The molecule has 2 unspecified atom stereocenters. The van der Waals surface area contributed by atoms with Gasteiger partial charge in [0.1, 0.15) is 0 Å². The van der Waals surface area contributed by atoms with Crippen LogP contribution >= 0.6 is 0 Å². The van der Waals surface area contributed by atoms with Crippen molar-refractivity contribution in [1.82, 2.24) is 5.32 Å². The third-order valence-electron chi connectivity index (χ3n) is 15.3. The quantitative estimate of drug-likeness (QED) is 0.0320. The number of hydrogen-bond donors (Lipinski definition) is 3. The number of allylic oxidation sites excluding steroid dienone is 4. The zero-order chi connectivity index (χ0) is 52.2. The van der Waals surface area contributed by atoms with E-state index in [1.54, 1.807) is 0 Å². The second-order valence-electron chi connectivity index (χ2n) is 22.5. The number of hydrogen-bond acceptors (Lipinski definition) is 5. The van der Waals surface area contributed by atoms with E-state index in [1.807, 2.05) is 0 Å². The summed E-state index contributed by atoms with van der Waals surface area (Å²) in [5, 5.41) is 23.3. The highest BCUT2D eigenvalue weighted by Crippen LogP contribution is 2.18. The van der Waals surface area contributed by atoms with Gasteiger partial charge in [-0.05, 0) is 57.8 Å². The third kappa shape index (κ3) is 57.6. The summed E-state index contributed by atoms with van der Waals surface area (Å²) in [5.74, 6) is -0.0293. The molecule has 72 heavy (non-hydrogen) atoms. The number of carbonyl (C=O) groups is 2. The fourth-order valence-electron chi connectivity index (χ4n) is 10.3. The first-order chi connectivity index (χ1) is 35.5. The molecule has 0 aromatic rings. The number of unbranched alkanes of at least 4 members (excludes halogenated alkanes) is 46. The fraction of sp³-hybridized carbons (Fsp3) is 0.909. The van der Waals surface area contributed by atoms with E-state index in [0.717, 1.165) is 51.4 Å². The SMILES string of the molecule is CCCCC/C=C\C/C=C\CCCCCCCC(=O)OCCCCCCCCCCCCCCCCCCCCCCCCCCC(=O)NC(CO)C(O)CCCCCCCCCCCCCCCCCC. The first-order valence-electron chi connectivity index (χ1n) is 32.6. The van der Waals surface area contributed by atoms with Crippen molar-refractivity contribution in [1.29, 1.82) is 0 Å². The maximum Gasteiger partial charge on any atom is 0.305 e. The first kappa shape index (κ1) is 70.3. The summed E-state index contributed by atoms with van der Waals surface area (Å²) in [5.41, 5.74) is 0. The highest BCUT2D eigenvalue weighted by molar-refractivity contribution is 5.76. The van der Waals surface area contributed by atoms with Crippen molar-refractivity contribution in [3.05, 3.63) is 24.3 Å². The number of aliphatic hydroxyl groups is 2. The molecule has 0 aliphatic rings. The number of carbonyl (C=O) groups excluding carboxylic acids is 2. The molecule has 0 radical (unpaired) electrons. The minimum Gasteiger partial charge on any atom is -0.466 e. The van der Waals surface area contributed by atoms with E-state index in [2.05, 4.69) is 43.5 Å². The van der Waals surface area contributed by atoms with Crippen LogP contribution in [0.25, 0.3) is 0 Å². The van der Waals surface area contributed by atoms with Crippen LogP contribution in [0.1, 0.15) is 361 Å². The molecule has 2 atom stereocenters. The van der Waals surface area contributed by atoms with Gasteiger partial charge in [-0.1, -0.05) is 314 Å².